The maximum absolute atomic E-state index is 12.4. The van der Waals surface area contributed by atoms with Crippen LogP contribution in [0, 0.1) is 0 Å². The van der Waals surface area contributed by atoms with Crippen molar-refractivity contribution in [2.24, 2.45) is 0 Å². The third-order valence-corrected chi connectivity index (χ3v) is 5.41. The Kier molecular flexibility index (Phi) is 5.63. The van der Waals surface area contributed by atoms with E-state index in [1.165, 1.54) is 37.5 Å². The standard InChI is InChI=1S/C19H25F3N4O2/c20-19(21,22)28-13-7-8-17-16(10-13)26-18(27-17)25-15-6-2-1-5-14(15)24-12-4-3-9-23-11-12/h7-8,10,12,14-15,23-24H,1-6,9,11H2,(H,25,26)/t12-,14+,15+/m0/s1. The molecule has 0 amide bonds. The van der Waals surface area contributed by atoms with E-state index in [2.05, 4.69) is 25.7 Å². The van der Waals surface area contributed by atoms with Gasteiger partial charge in [0.15, 0.2) is 5.58 Å². The maximum Gasteiger partial charge on any atom is 0.573 e. The van der Waals surface area contributed by atoms with Gasteiger partial charge in [-0.05, 0) is 44.4 Å². The largest absolute Gasteiger partial charge is 0.573 e. The third-order valence-electron chi connectivity index (χ3n) is 5.41. The number of aromatic nitrogens is 1. The average molecular weight is 398 g/mol. The first-order valence-electron chi connectivity index (χ1n) is 9.86. The predicted molar refractivity (Wildman–Crippen MR) is 99.4 cm³/mol. The lowest BCUT2D eigenvalue weighted by Crippen LogP contribution is -2.54. The topological polar surface area (TPSA) is 71.3 Å². The molecule has 1 aliphatic heterocycles. The van der Waals surface area contributed by atoms with Gasteiger partial charge in [-0.15, -0.1) is 13.2 Å². The van der Waals surface area contributed by atoms with E-state index in [9.17, 15) is 13.2 Å². The summed E-state index contributed by atoms with van der Waals surface area (Å²) < 4.78 is 46.9. The molecule has 1 saturated heterocycles. The van der Waals surface area contributed by atoms with Gasteiger partial charge in [0.05, 0.1) is 0 Å². The third kappa shape index (κ3) is 4.88. The quantitative estimate of drug-likeness (QED) is 0.712. The van der Waals surface area contributed by atoms with Gasteiger partial charge in [0.25, 0.3) is 6.01 Å². The Labute approximate surface area is 161 Å². The fourth-order valence-electron chi connectivity index (χ4n) is 4.12. The second-order valence-corrected chi connectivity index (χ2v) is 7.55. The number of benzene rings is 1. The number of halogens is 3. The molecular formula is C19H25F3N4O2. The molecule has 2 heterocycles. The number of oxazole rings is 1. The molecule has 154 valence electrons. The number of rotatable bonds is 5. The van der Waals surface area contributed by atoms with Crippen LogP contribution in [0.3, 0.4) is 0 Å². The molecule has 28 heavy (non-hydrogen) atoms. The van der Waals surface area contributed by atoms with Gasteiger partial charge in [-0.25, -0.2) is 0 Å². The molecule has 2 aromatic rings. The second kappa shape index (κ2) is 8.16. The second-order valence-electron chi connectivity index (χ2n) is 7.55. The number of hydrogen-bond donors (Lipinski definition) is 3. The van der Waals surface area contributed by atoms with Crippen molar-refractivity contribution in [1.82, 2.24) is 15.6 Å². The van der Waals surface area contributed by atoms with Gasteiger partial charge in [-0.1, -0.05) is 12.8 Å². The average Bonchev–Trinajstić information content (AvgIpc) is 3.04. The Morgan fingerprint density at radius 1 is 1.11 bits per heavy atom. The molecule has 1 aromatic carbocycles. The Bertz CT molecular complexity index is 789. The van der Waals surface area contributed by atoms with E-state index in [1.54, 1.807) is 0 Å². The van der Waals surface area contributed by atoms with Crippen molar-refractivity contribution in [2.75, 3.05) is 18.4 Å². The van der Waals surface area contributed by atoms with Crippen LogP contribution in [0.4, 0.5) is 19.2 Å². The van der Waals surface area contributed by atoms with Crippen molar-refractivity contribution < 1.29 is 22.3 Å². The van der Waals surface area contributed by atoms with E-state index < -0.39 is 6.36 Å². The molecule has 9 heteroatoms. The van der Waals surface area contributed by atoms with Crippen molar-refractivity contribution >= 4 is 17.1 Å². The first kappa shape index (κ1) is 19.3. The molecule has 0 bridgehead atoms. The molecule has 6 nitrogen and oxygen atoms in total. The highest BCUT2D eigenvalue weighted by Crippen LogP contribution is 2.29. The van der Waals surface area contributed by atoms with Gasteiger partial charge < -0.3 is 25.1 Å². The molecule has 1 saturated carbocycles. The summed E-state index contributed by atoms with van der Waals surface area (Å²) in [7, 11) is 0. The summed E-state index contributed by atoms with van der Waals surface area (Å²) >= 11 is 0. The first-order valence-corrected chi connectivity index (χ1v) is 9.86. The predicted octanol–water partition coefficient (Wildman–Crippen LogP) is 3.79. The lowest BCUT2D eigenvalue weighted by atomic mass is 9.89. The van der Waals surface area contributed by atoms with Gasteiger partial charge in [0, 0.05) is 30.7 Å². The fraction of sp³-hybridized carbons (Fsp3) is 0.632. The van der Waals surface area contributed by atoms with Crippen LogP contribution >= 0.6 is 0 Å². The Hall–Kier alpha value is -2.00. The molecule has 0 radical (unpaired) electrons. The van der Waals surface area contributed by atoms with Gasteiger partial charge >= 0.3 is 6.36 Å². The Morgan fingerprint density at radius 2 is 1.93 bits per heavy atom. The molecule has 1 aliphatic carbocycles. The summed E-state index contributed by atoms with van der Waals surface area (Å²) in [6, 6.07) is 5.20. The van der Waals surface area contributed by atoms with Crippen LogP contribution in [0.15, 0.2) is 22.6 Å². The number of anilines is 1. The molecule has 4 rings (SSSR count). The van der Waals surface area contributed by atoms with Crippen molar-refractivity contribution in [3.05, 3.63) is 18.2 Å². The van der Waals surface area contributed by atoms with E-state index in [-0.39, 0.29) is 11.8 Å². The van der Waals surface area contributed by atoms with Crippen LogP contribution in [0.2, 0.25) is 0 Å². The monoisotopic (exact) mass is 398 g/mol. The van der Waals surface area contributed by atoms with Crippen molar-refractivity contribution in [2.45, 2.75) is 63.0 Å². The summed E-state index contributed by atoms with van der Waals surface area (Å²) in [4.78, 5) is 4.31. The molecule has 2 aliphatic rings. The van der Waals surface area contributed by atoms with Crippen LogP contribution in [-0.2, 0) is 0 Å². The van der Waals surface area contributed by atoms with Crippen LogP contribution < -0.4 is 20.7 Å². The van der Waals surface area contributed by atoms with E-state index in [4.69, 9.17) is 4.42 Å². The Morgan fingerprint density at radius 3 is 2.68 bits per heavy atom. The zero-order chi connectivity index (χ0) is 19.6. The zero-order valence-corrected chi connectivity index (χ0v) is 15.5. The minimum atomic E-state index is -4.73. The van der Waals surface area contributed by atoms with E-state index >= 15 is 0 Å². The SMILES string of the molecule is FC(F)(F)Oc1ccc2oc(N[C@@H]3CCCC[C@H]3N[C@H]3CCCNC3)nc2c1. The fourth-order valence-corrected chi connectivity index (χ4v) is 4.12. The van der Waals surface area contributed by atoms with Gasteiger partial charge in [-0.3, -0.25) is 0 Å². The molecule has 0 spiro atoms. The minimum Gasteiger partial charge on any atom is -0.424 e. The normalized spacial score (nSPS) is 26.3. The van der Waals surface area contributed by atoms with E-state index in [0.717, 1.165) is 32.4 Å². The van der Waals surface area contributed by atoms with E-state index in [0.29, 0.717) is 29.2 Å². The number of nitrogens with one attached hydrogen (secondary N) is 3. The summed E-state index contributed by atoms with van der Waals surface area (Å²) in [6.45, 7) is 2.06. The number of alkyl halides is 3. The van der Waals surface area contributed by atoms with Crippen molar-refractivity contribution in [3.8, 4) is 5.75 Å². The number of hydrogen-bond acceptors (Lipinski definition) is 6. The van der Waals surface area contributed by atoms with Gasteiger partial charge in [0.1, 0.15) is 11.3 Å². The van der Waals surface area contributed by atoms with Gasteiger partial charge in [-0.2, -0.15) is 4.98 Å². The Balaban J connectivity index is 1.44. The van der Waals surface area contributed by atoms with Crippen LogP contribution in [0.1, 0.15) is 38.5 Å². The number of piperidine rings is 1. The molecule has 0 unspecified atom stereocenters. The van der Waals surface area contributed by atoms with Crippen molar-refractivity contribution in [3.63, 3.8) is 0 Å². The van der Waals surface area contributed by atoms with Gasteiger partial charge in [0.2, 0.25) is 0 Å². The van der Waals surface area contributed by atoms with E-state index in [1.807, 2.05) is 0 Å². The van der Waals surface area contributed by atoms with Crippen LogP contribution in [0.5, 0.6) is 5.75 Å². The maximum atomic E-state index is 12.4. The molecule has 2 fully saturated rings. The van der Waals surface area contributed by atoms with Crippen LogP contribution in [-0.4, -0.2) is 42.6 Å². The highest BCUT2D eigenvalue weighted by molar-refractivity contribution is 5.76. The lowest BCUT2D eigenvalue weighted by molar-refractivity contribution is -0.274. The lowest BCUT2D eigenvalue weighted by Gasteiger charge is -2.36. The highest BCUT2D eigenvalue weighted by Gasteiger charge is 2.32. The number of ether oxygens (including phenoxy) is 1. The first-order chi connectivity index (χ1) is 13.5. The molecule has 3 atom stereocenters. The smallest absolute Gasteiger partial charge is 0.424 e. The summed E-state index contributed by atoms with van der Waals surface area (Å²) in [6.07, 6.45) is 2.01. The molecule has 3 N–H and O–H groups in total. The molecule has 1 aromatic heterocycles. The number of fused-ring (bicyclic) bond motifs is 1. The summed E-state index contributed by atoms with van der Waals surface area (Å²) in [5, 5.41) is 10.5. The minimum absolute atomic E-state index is 0.176. The molecular weight excluding hydrogens is 373 g/mol. The summed E-state index contributed by atoms with van der Waals surface area (Å²) in [5.41, 5.74) is 0.759. The summed E-state index contributed by atoms with van der Waals surface area (Å²) in [5.74, 6) is -0.304. The number of nitrogens with zero attached hydrogens (tertiary/aromatic N) is 1. The highest BCUT2D eigenvalue weighted by atomic mass is 19.4. The van der Waals surface area contributed by atoms with Crippen LogP contribution in [0.25, 0.3) is 11.1 Å². The van der Waals surface area contributed by atoms with Crippen molar-refractivity contribution in [1.29, 1.82) is 0 Å². The zero-order valence-electron chi connectivity index (χ0n) is 15.5.